The van der Waals surface area contributed by atoms with E-state index in [4.69, 9.17) is 5.11 Å². The van der Waals surface area contributed by atoms with E-state index in [1.54, 1.807) is 0 Å². The Morgan fingerprint density at radius 2 is 2.12 bits per heavy atom. The van der Waals surface area contributed by atoms with Crippen molar-refractivity contribution in [3.63, 3.8) is 0 Å². The summed E-state index contributed by atoms with van der Waals surface area (Å²) in [6.45, 7) is 9.35. The zero-order valence-corrected chi connectivity index (χ0v) is 11.7. The van der Waals surface area contributed by atoms with Crippen LogP contribution in [0.3, 0.4) is 0 Å². The van der Waals surface area contributed by atoms with Crippen molar-refractivity contribution >= 4 is 5.91 Å². The minimum absolute atomic E-state index is 0.142. The van der Waals surface area contributed by atoms with Gasteiger partial charge in [0.1, 0.15) is 0 Å². The first-order valence-electron chi connectivity index (χ1n) is 6.81. The Kier molecular flexibility index (Phi) is 4.99. The molecule has 1 aliphatic rings. The van der Waals surface area contributed by atoms with E-state index in [0.717, 1.165) is 19.3 Å². The van der Waals surface area contributed by atoms with Crippen molar-refractivity contribution < 1.29 is 9.90 Å². The first-order chi connectivity index (χ1) is 7.90. The fourth-order valence-corrected chi connectivity index (χ4v) is 2.85. The van der Waals surface area contributed by atoms with Crippen LogP contribution < -0.4 is 0 Å². The molecular formula is C14H27NO2. The van der Waals surface area contributed by atoms with E-state index in [2.05, 4.69) is 27.7 Å². The highest BCUT2D eigenvalue weighted by molar-refractivity contribution is 5.80. The molecule has 1 atom stereocenters. The Labute approximate surface area is 105 Å². The van der Waals surface area contributed by atoms with Crippen molar-refractivity contribution in [1.82, 2.24) is 4.90 Å². The number of carbonyl (C=O) groups is 1. The number of nitrogens with zero attached hydrogens (tertiary/aromatic N) is 1. The molecule has 1 fully saturated rings. The molecule has 0 saturated heterocycles. The molecule has 0 aromatic heterocycles. The summed E-state index contributed by atoms with van der Waals surface area (Å²) < 4.78 is 0. The predicted octanol–water partition coefficient (Wildman–Crippen LogP) is 2.43. The first-order valence-corrected chi connectivity index (χ1v) is 6.81. The number of aliphatic hydroxyl groups excluding tert-OH is 1. The lowest BCUT2D eigenvalue weighted by atomic mass is 9.81. The standard InChI is InChI=1S/C14H27NO2/c1-11(2)15(9-6-10-16)13(17)12-7-5-8-14(12,3)4/h11-12,16H,5-10H2,1-4H3. The van der Waals surface area contributed by atoms with Crippen LogP contribution in [0.4, 0.5) is 0 Å². The fourth-order valence-electron chi connectivity index (χ4n) is 2.85. The van der Waals surface area contributed by atoms with Crippen LogP contribution in [0.15, 0.2) is 0 Å². The summed E-state index contributed by atoms with van der Waals surface area (Å²) in [6.07, 6.45) is 4.01. The van der Waals surface area contributed by atoms with Crippen LogP contribution in [0, 0.1) is 11.3 Å². The molecule has 100 valence electrons. The summed E-state index contributed by atoms with van der Waals surface area (Å²) in [7, 11) is 0. The molecule has 3 heteroatoms. The summed E-state index contributed by atoms with van der Waals surface area (Å²) in [5.74, 6) is 0.458. The monoisotopic (exact) mass is 241 g/mol. The van der Waals surface area contributed by atoms with Gasteiger partial charge < -0.3 is 10.0 Å². The second-order valence-electron chi connectivity index (χ2n) is 6.14. The van der Waals surface area contributed by atoms with Crippen molar-refractivity contribution in [3.8, 4) is 0 Å². The predicted molar refractivity (Wildman–Crippen MR) is 69.7 cm³/mol. The van der Waals surface area contributed by atoms with Crippen LogP contribution in [0.1, 0.15) is 53.4 Å². The summed E-state index contributed by atoms with van der Waals surface area (Å²) in [6, 6.07) is 0.227. The molecule has 0 aromatic rings. The lowest BCUT2D eigenvalue weighted by Gasteiger charge is -2.34. The Hall–Kier alpha value is -0.570. The number of hydrogen-bond acceptors (Lipinski definition) is 2. The van der Waals surface area contributed by atoms with Gasteiger partial charge in [-0.2, -0.15) is 0 Å². The van der Waals surface area contributed by atoms with Gasteiger partial charge in [-0.1, -0.05) is 20.3 Å². The van der Waals surface area contributed by atoms with E-state index >= 15 is 0 Å². The van der Waals surface area contributed by atoms with E-state index < -0.39 is 0 Å². The number of hydrogen-bond donors (Lipinski definition) is 1. The topological polar surface area (TPSA) is 40.5 Å². The summed E-state index contributed by atoms with van der Waals surface area (Å²) in [4.78, 5) is 14.5. The minimum atomic E-state index is 0.142. The van der Waals surface area contributed by atoms with Gasteiger partial charge in [0, 0.05) is 25.1 Å². The van der Waals surface area contributed by atoms with Gasteiger partial charge in [0.2, 0.25) is 5.91 Å². The highest BCUT2D eigenvalue weighted by Gasteiger charge is 2.41. The van der Waals surface area contributed by atoms with Crippen molar-refractivity contribution in [2.45, 2.75) is 59.4 Å². The third kappa shape index (κ3) is 3.44. The Morgan fingerprint density at radius 1 is 1.47 bits per heavy atom. The molecule has 0 bridgehead atoms. The molecule has 1 rings (SSSR count). The first kappa shape index (κ1) is 14.5. The van der Waals surface area contributed by atoms with E-state index in [1.807, 2.05) is 4.90 Å². The molecule has 1 unspecified atom stereocenters. The van der Waals surface area contributed by atoms with Gasteiger partial charge in [0.05, 0.1) is 0 Å². The van der Waals surface area contributed by atoms with Crippen molar-refractivity contribution in [3.05, 3.63) is 0 Å². The molecule has 1 saturated carbocycles. The second-order valence-corrected chi connectivity index (χ2v) is 6.14. The normalized spacial score (nSPS) is 23.1. The summed E-state index contributed by atoms with van der Waals surface area (Å²) in [5.41, 5.74) is 0.142. The van der Waals surface area contributed by atoms with Crippen LogP contribution in [0.2, 0.25) is 0 Å². The Balaban J connectivity index is 2.70. The molecule has 3 nitrogen and oxygen atoms in total. The number of aliphatic hydroxyl groups is 1. The second kappa shape index (κ2) is 5.85. The van der Waals surface area contributed by atoms with Crippen LogP contribution in [-0.4, -0.2) is 35.1 Å². The Bertz CT molecular complexity index is 261. The van der Waals surface area contributed by atoms with E-state index in [1.165, 1.54) is 0 Å². The van der Waals surface area contributed by atoms with Crippen LogP contribution in [0.25, 0.3) is 0 Å². The molecule has 1 N–H and O–H groups in total. The van der Waals surface area contributed by atoms with E-state index in [0.29, 0.717) is 13.0 Å². The van der Waals surface area contributed by atoms with Crippen molar-refractivity contribution in [2.24, 2.45) is 11.3 Å². The van der Waals surface area contributed by atoms with Gasteiger partial charge in [-0.25, -0.2) is 0 Å². The lowest BCUT2D eigenvalue weighted by molar-refractivity contribution is -0.140. The van der Waals surface area contributed by atoms with Gasteiger partial charge in [-0.05, 0) is 38.5 Å². The molecule has 0 aliphatic heterocycles. The molecule has 0 aromatic carbocycles. The SMILES string of the molecule is CC(C)N(CCCO)C(=O)C1CCCC1(C)C. The molecule has 1 amide bonds. The van der Waals surface area contributed by atoms with Crippen molar-refractivity contribution in [1.29, 1.82) is 0 Å². The van der Waals surface area contributed by atoms with Gasteiger partial charge >= 0.3 is 0 Å². The maximum atomic E-state index is 12.6. The maximum absolute atomic E-state index is 12.6. The van der Waals surface area contributed by atoms with Gasteiger partial charge in [-0.3, -0.25) is 4.79 Å². The third-order valence-electron chi connectivity index (χ3n) is 4.02. The largest absolute Gasteiger partial charge is 0.396 e. The minimum Gasteiger partial charge on any atom is -0.396 e. The molecule has 1 aliphatic carbocycles. The van der Waals surface area contributed by atoms with E-state index in [-0.39, 0.29) is 29.9 Å². The molecule has 17 heavy (non-hydrogen) atoms. The van der Waals surface area contributed by atoms with Gasteiger partial charge in [0.15, 0.2) is 0 Å². The molecular weight excluding hydrogens is 214 g/mol. The number of carbonyl (C=O) groups excluding carboxylic acids is 1. The molecule has 0 heterocycles. The van der Waals surface area contributed by atoms with Crippen LogP contribution in [0.5, 0.6) is 0 Å². The molecule has 0 spiro atoms. The third-order valence-corrected chi connectivity index (χ3v) is 4.02. The van der Waals surface area contributed by atoms with Crippen LogP contribution in [-0.2, 0) is 4.79 Å². The smallest absolute Gasteiger partial charge is 0.226 e. The fraction of sp³-hybridized carbons (Fsp3) is 0.929. The zero-order chi connectivity index (χ0) is 13.1. The molecule has 0 radical (unpaired) electrons. The van der Waals surface area contributed by atoms with Crippen molar-refractivity contribution in [2.75, 3.05) is 13.2 Å². The highest BCUT2D eigenvalue weighted by Crippen LogP contribution is 2.43. The highest BCUT2D eigenvalue weighted by atomic mass is 16.3. The van der Waals surface area contributed by atoms with Crippen LogP contribution >= 0.6 is 0 Å². The van der Waals surface area contributed by atoms with Gasteiger partial charge in [0.25, 0.3) is 0 Å². The lowest BCUT2D eigenvalue weighted by Crippen LogP contribution is -2.44. The maximum Gasteiger partial charge on any atom is 0.226 e. The average molecular weight is 241 g/mol. The number of amides is 1. The van der Waals surface area contributed by atoms with E-state index in [9.17, 15) is 4.79 Å². The summed E-state index contributed by atoms with van der Waals surface area (Å²) in [5, 5.41) is 8.91. The summed E-state index contributed by atoms with van der Waals surface area (Å²) >= 11 is 0. The average Bonchev–Trinajstić information content (AvgIpc) is 2.57. The quantitative estimate of drug-likeness (QED) is 0.803. The number of rotatable bonds is 5. The Morgan fingerprint density at radius 3 is 2.53 bits per heavy atom. The van der Waals surface area contributed by atoms with Gasteiger partial charge in [-0.15, -0.1) is 0 Å². The zero-order valence-electron chi connectivity index (χ0n) is 11.7.